The largest absolute Gasteiger partial charge is 0.368 e. The molecule has 5 rings (SSSR count). The standard InChI is InChI=1S/C26H29N5O3/c1-17-22(7-4-8-23(17)27-18(2)32)26(33)31-15-13-30(14-16-31)21-11-9-19(10-12-21)24-28-25(34-29-24)20-5-3-6-20/h4,7-12,20H,3,5-6,13-16H2,1-2H3,(H,27,32). The number of piperazine rings is 1. The van der Waals surface area contributed by atoms with Crippen molar-refractivity contribution in [3.05, 3.63) is 59.5 Å². The van der Waals surface area contributed by atoms with E-state index in [2.05, 4.69) is 32.5 Å². The van der Waals surface area contributed by atoms with Crippen LogP contribution in [-0.4, -0.2) is 53.0 Å². The van der Waals surface area contributed by atoms with Crippen LogP contribution < -0.4 is 10.2 Å². The number of rotatable bonds is 5. The summed E-state index contributed by atoms with van der Waals surface area (Å²) >= 11 is 0. The topological polar surface area (TPSA) is 91.6 Å². The SMILES string of the molecule is CC(=O)Nc1cccc(C(=O)N2CCN(c3ccc(-c4noc(C5CCC5)n4)cc3)CC2)c1C. The van der Waals surface area contributed by atoms with E-state index in [0.717, 1.165) is 48.6 Å². The Bertz CT molecular complexity index is 1190. The van der Waals surface area contributed by atoms with Gasteiger partial charge in [0, 0.05) is 61.5 Å². The van der Waals surface area contributed by atoms with E-state index >= 15 is 0 Å². The van der Waals surface area contributed by atoms with Crippen LogP contribution in [0, 0.1) is 6.92 Å². The second-order valence-corrected chi connectivity index (χ2v) is 9.07. The third-order valence-corrected chi connectivity index (χ3v) is 6.83. The zero-order valence-electron chi connectivity index (χ0n) is 19.6. The molecule has 2 aliphatic rings. The highest BCUT2D eigenvalue weighted by Crippen LogP contribution is 2.36. The number of anilines is 2. The van der Waals surface area contributed by atoms with Gasteiger partial charge in [-0.3, -0.25) is 9.59 Å². The number of amides is 2. The lowest BCUT2D eigenvalue weighted by molar-refractivity contribution is -0.114. The number of hydrogen-bond acceptors (Lipinski definition) is 6. The predicted molar refractivity (Wildman–Crippen MR) is 130 cm³/mol. The Morgan fingerprint density at radius 2 is 1.76 bits per heavy atom. The quantitative estimate of drug-likeness (QED) is 0.614. The van der Waals surface area contributed by atoms with Crippen LogP contribution in [0.4, 0.5) is 11.4 Å². The normalized spacial score (nSPS) is 16.3. The van der Waals surface area contributed by atoms with Crippen LogP contribution in [0.1, 0.15) is 53.9 Å². The highest BCUT2D eigenvalue weighted by molar-refractivity contribution is 5.99. The molecule has 8 nitrogen and oxygen atoms in total. The first-order valence-electron chi connectivity index (χ1n) is 11.8. The van der Waals surface area contributed by atoms with Crippen molar-refractivity contribution in [1.82, 2.24) is 15.0 Å². The lowest BCUT2D eigenvalue weighted by Crippen LogP contribution is -2.49. The Kier molecular flexibility index (Phi) is 6.04. The van der Waals surface area contributed by atoms with Crippen molar-refractivity contribution in [2.24, 2.45) is 0 Å². The fraction of sp³-hybridized carbons (Fsp3) is 0.385. The summed E-state index contributed by atoms with van der Waals surface area (Å²) < 4.78 is 5.45. The van der Waals surface area contributed by atoms with Gasteiger partial charge in [-0.25, -0.2) is 0 Å². The molecule has 1 saturated heterocycles. The third kappa shape index (κ3) is 4.40. The van der Waals surface area contributed by atoms with Crippen LogP contribution in [-0.2, 0) is 4.79 Å². The lowest BCUT2D eigenvalue weighted by Gasteiger charge is -2.36. The average Bonchev–Trinajstić information content (AvgIpc) is 3.28. The molecule has 0 spiro atoms. The number of benzene rings is 2. The van der Waals surface area contributed by atoms with Crippen LogP contribution in [0.3, 0.4) is 0 Å². The first kappa shape index (κ1) is 22.1. The molecule has 2 amide bonds. The Labute approximate surface area is 198 Å². The molecule has 2 heterocycles. The van der Waals surface area contributed by atoms with Gasteiger partial charge in [-0.15, -0.1) is 0 Å². The van der Waals surface area contributed by atoms with Crippen molar-refractivity contribution in [3.63, 3.8) is 0 Å². The zero-order valence-corrected chi connectivity index (χ0v) is 19.6. The van der Waals surface area contributed by atoms with Gasteiger partial charge in [0.15, 0.2) is 0 Å². The van der Waals surface area contributed by atoms with Crippen molar-refractivity contribution >= 4 is 23.2 Å². The molecule has 34 heavy (non-hydrogen) atoms. The summed E-state index contributed by atoms with van der Waals surface area (Å²) in [6.45, 7) is 6.12. The molecule has 176 valence electrons. The molecular weight excluding hydrogens is 430 g/mol. The molecule has 3 aromatic rings. The number of carbonyl (C=O) groups excluding carboxylic acids is 2. The molecule has 1 aliphatic carbocycles. The Hall–Kier alpha value is -3.68. The minimum atomic E-state index is -0.148. The summed E-state index contributed by atoms with van der Waals surface area (Å²) in [6, 6.07) is 13.7. The van der Waals surface area contributed by atoms with Crippen LogP contribution in [0.15, 0.2) is 47.0 Å². The monoisotopic (exact) mass is 459 g/mol. The molecule has 1 saturated carbocycles. The Balaban J connectivity index is 1.21. The maximum atomic E-state index is 13.2. The second-order valence-electron chi connectivity index (χ2n) is 9.07. The van der Waals surface area contributed by atoms with Crippen LogP contribution in [0.5, 0.6) is 0 Å². The summed E-state index contributed by atoms with van der Waals surface area (Å²) in [7, 11) is 0. The third-order valence-electron chi connectivity index (χ3n) is 6.83. The minimum absolute atomic E-state index is 0.000858. The maximum absolute atomic E-state index is 13.2. The van der Waals surface area contributed by atoms with E-state index in [-0.39, 0.29) is 11.8 Å². The summed E-state index contributed by atoms with van der Waals surface area (Å²) in [4.78, 5) is 33.3. The van der Waals surface area contributed by atoms with Crippen molar-refractivity contribution < 1.29 is 14.1 Å². The molecule has 1 N–H and O–H groups in total. The molecule has 0 atom stereocenters. The van der Waals surface area contributed by atoms with E-state index in [0.29, 0.717) is 36.1 Å². The van der Waals surface area contributed by atoms with Crippen molar-refractivity contribution in [3.8, 4) is 11.4 Å². The summed E-state index contributed by atoms with van der Waals surface area (Å²) in [5.74, 6) is 1.67. The summed E-state index contributed by atoms with van der Waals surface area (Å²) in [5, 5.41) is 6.95. The minimum Gasteiger partial charge on any atom is -0.368 e. The van der Waals surface area contributed by atoms with Crippen LogP contribution >= 0.6 is 0 Å². The number of nitrogens with one attached hydrogen (secondary N) is 1. The average molecular weight is 460 g/mol. The first-order chi connectivity index (χ1) is 16.5. The molecule has 1 aromatic heterocycles. The first-order valence-corrected chi connectivity index (χ1v) is 11.8. The van der Waals surface area contributed by atoms with Crippen molar-refractivity contribution in [2.45, 2.75) is 39.0 Å². The van der Waals surface area contributed by atoms with Gasteiger partial charge < -0.3 is 19.6 Å². The number of nitrogens with zero attached hydrogens (tertiary/aromatic N) is 4. The molecule has 2 aromatic carbocycles. The van der Waals surface area contributed by atoms with Crippen LogP contribution in [0.2, 0.25) is 0 Å². The van der Waals surface area contributed by atoms with E-state index in [1.165, 1.54) is 13.3 Å². The molecule has 1 aliphatic heterocycles. The highest BCUT2D eigenvalue weighted by Gasteiger charge is 2.26. The lowest BCUT2D eigenvalue weighted by atomic mass is 9.85. The van der Waals surface area contributed by atoms with Crippen molar-refractivity contribution in [1.29, 1.82) is 0 Å². The zero-order chi connectivity index (χ0) is 23.7. The number of carbonyl (C=O) groups is 2. The molecule has 0 radical (unpaired) electrons. The van der Waals surface area contributed by atoms with Gasteiger partial charge in [-0.1, -0.05) is 17.6 Å². The van der Waals surface area contributed by atoms with Crippen molar-refractivity contribution in [2.75, 3.05) is 36.4 Å². The second kappa shape index (κ2) is 9.29. The van der Waals surface area contributed by atoms with E-state index in [9.17, 15) is 9.59 Å². The maximum Gasteiger partial charge on any atom is 0.254 e. The number of aromatic nitrogens is 2. The van der Waals surface area contributed by atoms with Gasteiger partial charge in [0.05, 0.1) is 0 Å². The number of hydrogen-bond donors (Lipinski definition) is 1. The fourth-order valence-corrected chi connectivity index (χ4v) is 4.53. The van der Waals surface area contributed by atoms with Gasteiger partial charge >= 0.3 is 0 Å². The fourth-order valence-electron chi connectivity index (χ4n) is 4.53. The van der Waals surface area contributed by atoms with Gasteiger partial charge in [-0.2, -0.15) is 4.98 Å². The highest BCUT2D eigenvalue weighted by atomic mass is 16.5. The summed E-state index contributed by atoms with van der Waals surface area (Å²) in [5.41, 5.74) is 4.16. The smallest absolute Gasteiger partial charge is 0.254 e. The van der Waals surface area contributed by atoms with E-state index in [1.54, 1.807) is 0 Å². The van der Waals surface area contributed by atoms with E-state index in [4.69, 9.17) is 4.52 Å². The molecule has 2 fully saturated rings. The molecular formula is C26H29N5O3. The predicted octanol–water partition coefficient (Wildman–Crippen LogP) is 4.23. The van der Waals surface area contributed by atoms with E-state index < -0.39 is 0 Å². The van der Waals surface area contributed by atoms with Gasteiger partial charge in [0.2, 0.25) is 17.6 Å². The Morgan fingerprint density at radius 3 is 2.41 bits per heavy atom. The van der Waals surface area contributed by atoms with Crippen LogP contribution in [0.25, 0.3) is 11.4 Å². The van der Waals surface area contributed by atoms with Gasteiger partial charge in [-0.05, 0) is 61.7 Å². The Morgan fingerprint density at radius 1 is 1.03 bits per heavy atom. The molecule has 0 bridgehead atoms. The van der Waals surface area contributed by atoms with Gasteiger partial charge in [0.1, 0.15) is 0 Å². The molecule has 0 unspecified atom stereocenters. The summed E-state index contributed by atoms with van der Waals surface area (Å²) in [6.07, 6.45) is 3.50. The van der Waals surface area contributed by atoms with Gasteiger partial charge in [0.25, 0.3) is 5.91 Å². The molecule has 8 heteroatoms. The van der Waals surface area contributed by atoms with E-state index in [1.807, 2.05) is 42.2 Å².